The minimum absolute atomic E-state index is 0.191. The molecule has 3 rings (SSSR count). The van der Waals surface area contributed by atoms with Gasteiger partial charge in [-0.25, -0.2) is 14.4 Å². The third-order valence-electron chi connectivity index (χ3n) is 3.80. The minimum Gasteiger partial charge on any atom is -0.478 e. The number of hydrogen-bond acceptors (Lipinski definition) is 5. The monoisotopic (exact) mass is 372 g/mol. The van der Waals surface area contributed by atoms with Crippen LogP contribution in [-0.4, -0.2) is 17.0 Å². The lowest BCUT2D eigenvalue weighted by molar-refractivity contribution is 0.0680. The zero-order valence-corrected chi connectivity index (χ0v) is 14.4. The molecule has 0 radical (unpaired) electrons. The molecule has 0 spiro atoms. The number of fused-ring (bicyclic) bond motifs is 1. The Morgan fingerprint density at radius 1 is 1.12 bits per heavy atom. The Bertz CT molecular complexity index is 1080. The number of aryl methyl sites for hydroxylation is 1. The molecule has 0 saturated carbocycles. The van der Waals surface area contributed by atoms with Gasteiger partial charge in [0.05, 0.1) is 0 Å². The number of carbonyl (C=O) groups is 2. The average molecular weight is 373 g/mol. The smallest absolute Gasteiger partial charge is 0.351 e. The summed E-state index contributed by atoms with van der Waals surface area (Å²) < 4.78 is 10.2. The number of carboxylic acid groups (broad SMARTS) is 1. The van der Waals surface area contributed by atoms with Gasteiger partial charge in [0.1, 0.15) is 22.5 Å². The van der Waals surface area contributed by atoms with Crippen molar-refractivity contribution in [3.63, 3.8) is 0 Å². The first kappa shape index (κ1) is 17.7. The van der Waals surface area contributed by atoms with Gasteiger partial charge < -0.3 is 14.3 Å². The quantitative estimate of drug-likeness (QED) is 0.423. The van der Waals surface area contributed by atoms with Crippen molar-refractivity contribution in [1.29, 1.82) is 0 Å². The van der Waals surface area contributed by atoms with Gasteiger partial charge in [0.2, 0.25) is 0 Å². The number of benzene rings is 2. The van der Waals surface area contributed by atoms with Gasteiger partial charge in [-0.15, -0.1) is 0 Å². The standard InChI is InChI=1S/C19H13ClO6/c1-2-10-3-6-15-11(7-10)8-14(18(23)25-15)19(24)26-16-9-12(20)4-5-13(16)17(21)22/h3-9H,2H2,1H3,(H,21,22). The molecular formula is C19H13ClO6. The zero-order chi connectivity index (χ0) is 18.8. The van der Waals surface area contributed by atoms with E-state index >= 15 is 0 Å². The van der Waals surface area contributed by atoms with E-state index in [1.165, 1.54) is 24.3 Å². The van der Waals surface area contributed by atoms with Crippen LogP contribution >= 0.6 is 11.6 Å². The summed E-state index contributed by atoms with van der Waals surface area (Å²) in [6.07, 6.45) is 0.777. The summed E-state index contributed by atoms with van der Waals surface area (Å²) in [5.74, 6) is -2.56. The van der Waals surface area contributed by atoms with Crippen LogP contribution in [0.1, 0.15) is 33.2 Å². The summed E-state index contributed by atoms with van der Waals surface area (Å²) in [5, 5.41) is 9.94. The zero-order valence-electron chi connectivity index (χ0n) is 13.6. The van der Waals surface area contributed by atoms with E-state index < -0.39 is 17.6 Å². The highest BCUT2D eigenvalue weighted by Gasteiger charge is 2.20. The normalized spacial score (nSPS) is 10.7. The van der Waals surface area contributed by atoms with Crippen LogP contribution < -0.4 is 10.4 Å². The lowest BCUT2D eigenvalue weighted by atomic mass is 10.1. The van der Waals surface area contributed by atoms with Crippen LogP contribution in [0.15, 0.2) is 51.7 Å². The predicted molar refractivity (Wildman–Crippen MR) is 95.2 cm³/mol. The first-order valence-electron chi connectivity index (χ1n) is 7.71. The maximum Gasteiger partial charge on any atom is 0.351 e. The molecule has 0 bridgehead atoms. The van der Waals surface area contributed by atoms with Crippen molar-refractivity contribution in [3.8, 4) is 5.75 Å². The molecule has 0 fully saturated rings. The summed E-state index contributed by atoms with van der Waals surface area (Å²) in [7, 11) is 0. The van der Waals surface area contributed by atoms with Gasteiger partial charge in [0, 0.05) is 16.5 Å². The number of hydrogen-bond donors (Lipinski definition) is 1. The van der Waals surface area contributed by atoms with Crippen molar-refractivity contribution in [1.82, 2.24) is 0 Å². The lowest BCUT2D eigenvalue weighted by Crippen LogP contribution is -2.19. The molecule has 26 heavy (non-hydrogen) atoms. The van der Waals surface area contributed by atoms with Crippen molar-refractivity contribution < 1.29 is 23.8 Å². The minimum atomic E-state index is -1.29. The van der Waals surface area contributed by atoms with E-state index in [4.69, 9.17) is 20.8 Å². The van der Waals surface area contributed by atoms with Gasteiger partial charge in [-0.05, 0) is 42.3 Å². The SMILES string of the molecule is CCc1ccc2oc(=O)c(C(=O)Oc3cc(Cl)ccc3C(=O)O)cc2c1. The average Bonchev–Trinajstić information content (AvgIpc) is 2.60. The molecule has 3 aromatic rings. The second kappa shape index (κ2) is 7.01. The maximum atomic E-state index is 12.4. The Balaban J connectivity index is 2.03. The van der Waals surface area contributed by atoms with Crippen molar-refractivity contribution in [3.05, 3.63) is 74.6 Å². The van der Waals surface area contributed by atoms with Gasteiger partial charge >= 0.3 is 17.6 Å². The number of carbonyl (C=O) groups excluding carboxylic acids is 1. The van der Waals surface area contributed by atoms with Crippen molar-refractivity contribution in [2.75, 3.05) is 0 Å². The van der Waals surface area contributed by atoms with E-state index in [1.54, 1.807) is 12.1 Å². The van der Waals surface area contributed by atoms with Crippen LogP contribution in [0.2, 0.25) is 5.02 Å². The molecule has 0 saturated heterocycles. The summed E-state index contributed by atoms with van der Waals surface area (Å²) >= 11 is 5.83. The number of rotatable bonds is 4. The second-order valence-electron chi connectivity index (χ2n) is 5.51. The fourth-order valence-electron chi connectivity index (χ4n) is 2.45. The molecule has 1 heterocycles. The van der Waals surface area contributed by atoms with Crippen LogP contribution in [0.25, 0.3) is 11.0 Å². The Hall–Kier alpha value is -3.12. The predicted octanol–water partition coefficient (Wildman–Crippen LogP) is 3.93. The van der Waals surface area contributed by atoms with Gasteiger partial charge in [-0.2, -0.15) is 0 Å². The molecule has 6 nitrogen and oxygen atoms in total. The molecule has 0 aliphatic carbocycles. The summed E-state index contributed by atoms with van der Waals surface area (Å²) in [6.45, 7) is 1.97. The number of carboxylic acids is 1. The fourth-order valence-corrected chi connectivity index (χ4v) is 2.61. The molecule has 7 heteroatoms. The van der Waals surface area contributed by atoms with E-state index in [9.17, 15) is 19.5 Å². The van der Waals surface area contributed by atoms with Crippen molar-refractivity contribution in [2.45, 2.75) is 13.3 Å². The van der Waals surface area contributed by atoms with Crippen LogP contribution in [0.4, 0.5) is 0 Å². The van der Waals surface area contributed by atoms with Crippen molar-refractivity contribution >= 4 is 34.5 Å². The van der Waals surface area contributed by atoms with E-state index in [2.05, 4.69) is 0 Å². The third kappa shape index (κ3) is 3.45. The van der Waals surface area contributed by atoms with E-state index in [0.717, 1.165) is 12.0 Å². The molecule has 132 valence electrons. The van der Waals surface area contributed by atoms with E-state index in [-0.39, 0.29) is 21.9 Å². The topological polar surface area (TPSA) is 93.8 Å². The number of halogens is 1. The lowest BCUT2D eigenvalue weighted by Gasteiger charge is -2.08. The molecule has 1 aromatic heterocycles. The van der Waals surface area contributed by atoms with E-state index in [1.807, 2.05) is 13.0 Å². The third-order valence-corrected chi connectivity index (χ3v) is 4.04. The van der Waals surface area contributed by atoms with Crippen molar-refractivity contribution in [2.24, 2.45) is 0 Å². The largest absolute Gasteiger partial charge is 0.478 e. The highest BCUT2D eigenvalue weighted by molar-refractivity contribution is 6.30. The summed E-state index contributed by atoms with van der Waals surface area (Å²) in [4.78, 5) is 35.7. The van der Waals surface area contributed by atoms with Gasteiger partial charge in [0.25, 0.3) is 0 Å². The number of ether oxygens (including phenoxy) is 1. The van der Waals surface area contributed by atoms with Crippen LogP contribution in [0.3, 0.4) is 0 Å². The highest BCUT2D eigenvalue weighted by Crippen LogP contribution is 2.25. The Morgan fingerprint density at radius 3 is 2.58 bits per heavy atom. The number of esters is 1. The number of aromatic carboxylic acids is 1. The molecule has 0 atom stereocenters. The molecule has 0 amide bonds. The first-order chi connectivity index (χ1) is 12.4. The van der Waals surface area contributed by atoms with Crippen LogP contribution in [0.5, 0.6) is 5.75 Å². The maximum absolute atomic E-state index is 12.4. The van der Waals surface area contributed by atoms with Crippen LogP contribution in [0, 0.1) is 0 Å². The molecule has 0 aliphatic rings. The fraction of sp³-hybridized carbons (Fsp3) is 0.105. The van der Waals surface area contributed by atoms with Gasteiger partial charge in [0.15, 0.2) is 0 Å². The van der Waals surface area contributed by atoms with Crippen LogP contribution in [-0.2, 0) is 6.42 Å². The molecular weight excluding hydrogens is 360 g/mol. The van der Waals surface area contributed by atoms with E-state index in [0.29, 0.717) is 11.0 Å². The van der Waals surface area contributed by atoms with Gasteiger partial charge in [-0.3, -0.25) is 0 Å². The molecule has 1 N–H and O–H groups in total. The second-order valence-corrected chi connectivity index (χ2v) is 5.94. The van der Waals surface area contributed by atoms with Gasteiger partial charge in [-0.1, -0.05) is 24.6 Å². The molecule has 0 unspecified atom stereocenters. The molecule has 2 aromatic carbocycles. The summed E-state index contributed by atoms with van der Waals surface area (Å²) in [6, 6.07) is 10.4. The highest BCUT2D eigenvalue weighted by atomic mass is 35.5. The summed E-state index contributed by atoms with van der Waals surface area (Å²) in [5.41, 5.74) is -0.0969. The Labute approximate surface area is 152 Å². The first-order valence-corrected chi connectivity index (χ1v) is 8.08. The Kier molecular flexibility index (Phi) is 4.77. The molecule has 0 aliphatic heterocycles. The Morgan fingerprint density at radius 2 is 1.88 bits per heavy atom.